The highest BCUT2D eigenvalue weighted by molar-refractivity contribution is 7.73. The van der Waals surface area contributed by atoms with Gasteiger partial charge in [0.15, 0.2) is 0 Å². The van der Waals surface area contributed by atoms with Crippen molar-refractivity contribution in [3.63, 3.8) is 0 Å². The van der Waals surface area contributed by atoms with Gasteiger partial charge in [0.1, 0.15) is 24.1 Å². The van der Waals surface area contributed by atoms with Crippen molar-refractivity contribution >= 4 is 47.4 Å². The molecule has 1 aromatic carbocycles. The molecule has 0 bridgehead atoms. The van der Waals surface area contributed by atoms with Crippen LogP contribution in [0.2, 0.25) is 0 Å². The molecule has 1 aromatic heterocycles. The summed E-state index contributed by atoms with van der Waals surface area (Å²) in [5, 5.41) is 9.30. The van der Waals surface area contributed by atoms with E-state index in [-0.39, 0.29) is 0 Å². The Labute approximate surface area is 138 Å². The third kappa shape index (κ3) is 3.79. The Morgan fingerprint density at radius 1 is 1.43 bits per heavy atom. The molecule has 21 heavy (non-hydrogen) atoms. The summed E-state index contributed by atoms with van der Waals surface area (Å²) in [7, 11) is 0. The number of hydrogen-bond acceptors (Lipinski definition) is 3. The van der Waals surface area contributed by atoms with Gasteiger partial charge in [-0.15, -0.1) is 4.09 Å². The second-order valence-electron chi connectivity index (χ2n) is 4.49. The average molecular weight is 337 g/mol. The Morgan fingerprint density at radius 2 is 2.14 bits per heavy atom. The molecule has 2 aromatic rings. The topological polar surface area (TPSA) is 31.7 Å². The van der Waals surface area contributed by atoms with Crippen molar-refractivity contribution < 1.29 is 4.09 Å². The van der Waals surface area contributed by atoms with Gasteiger partial charge in [0.25, 0.3) is 3.95 Å². The molecule has 0 atom stereocenters. The monoisotopic (exact) mass is 336 g/mol. The van der Waals surface area contributed by atoms with E-state index >= 15 is 0 Å². The number of rotatable bonds is 5. The molecule has 0 spiro atoms. The van der Waals surface area contributed by atoms with E-state index in [1.807, 2.05) is 34.9 Å². The Kier molecular flexibility index (Phi) is 5.68. The van der Waals surface area contributed by atoms with Crippen LogP contribution < -0.4 is 0 Å². The maximum Gasteiger partial charge on any atom is 0.329 e. The smallest absolute Gasteiger partial charge is 0.206 e. The molecule has 1 heterocycles. The summed E-state index contributed by atoms with van der Waals surface area (Å²) < 4.78 is 4.09. The zero-order valence-corrected chi connectivity index (χ0v) is 14.0. The molecule has 0 fully saturated rings. The molecule has 2 rings (SSSR count). The van der Waals surface area contributed by atoms with Crippen LogP contribution in [-0.2, 0) is 6.54 Å². The third-order valence-electron chi connectivity index (χ3n) is 2.97. The number of hydrogen-bond donors (Lipinski definition) is 0. The van der Waals surface area contributed by atoms with Crippen LogP contribution in [0.3, 0.4) is 0 Å². The van der Waals surface area contributed by atoms with E-state index in [1.54, 1.807) is 6.21 Å². The molecular weight excluding hydrogens is 322 g/mol. The first kappa shape index (κ1) is 15.9. The van der Waals surface area contributed by atoms with Crippen LogP contribution in [-0.4, -0.2) is 14.9 Å². The molecule has 0 saturated heterocycles. The Bertz CT molecular complexity index is 739. The summed E-state index contributed by atoms with van der Waals surface area (Å²) >= 11 is 13.0. The maximum atomic E-state index is 9.30. The average Bonchev–Trinajstić information content (AvgIpc) is 2.82. The molecule has 0 N–H and O–H groups in total. The molecule has 108 valence electrons. The largest absolute Gasteiger partial charge is 0.329 e. The summed E-state index contributed by atoms with van der Waals surface area (Å²) in [6.45, 7) is 2.89. The van der Waals surface area contributed by atoms with E-state index in [2.05, 4.69) is 13.0 Å². The molecule has 0 amide bonds. The van der Waals surface area contributed by atoms with Crippen molar-refractivity contribution in [1.29, 1.82) is 5.26 Å². The zero-order valence-electron chi connectivity index (χ0n) is 11.6. The van der Waals surface area contributed by atoms with Crippen molar-refractivity contribution in [1.82, 2.24) is 4.57 Å². The highest BCUT2D eigenvalue weighted by Crippen LogP contribution is 2.28. The van der Waals surface area contributed by atoms with Gasteiger partial charge in [0, 0.05) is 5.56 Å². The van der Waals surface area contributed by atoms with Gasteiger partial charge >= 0.3 is 5.82 Å². The fraction of sp³-hybridized carbons (Fsp3) is 0.267. The fourth-order valence-electron chi connectivity index (χ4n) is 1.93. The van der Waals surface area contributed by atoms with E-state index in [0.29, 0.717) is 14.6 Å². The lowest BCUT2D eigenvalue weighted by Crippen LogP contribution is -2.05. The molecule has 0 aliphatic carbocycles. The normalized spacial score (nSPS) is 11.4. The van der Waals surface area contributed by atoms with Gasteiger partial charge < -0.3 is 0 Å². The van der Waals surface area contributed by atoms with Crippen LogP contribution in [0.4, 0.5) is 5.82 Å². The molecule has 0 radical (unpaired) electrons. The lowest BCUT2D eigenvalue weighted by atomic mass is 10.2. The Balaban J connectivity index is 2.49. The fourth-order valence-corrected chi connectivity index (χ4v) is 3.50. The number of nitrogens with zero attached hydrogens (tertiary/aromatic N) is 3. The number of thiazole rings is 1. The number of unbranched alkanes of at least 4 members (excludes halogenated alkanes) is 1. The quantitative estimate of drug-likeness (QED) is 0.443. The molecular formula is C15H15ClN3S2+. The number of halogens is 1. The predicted molar refractivity (Wildman–Crippen MR) is 90.1 cm³/mol. The van der Waals surface area contributed by atoms with E-state index in [9.17, 15) is 5.26 Å². The van der Waals surface area contributed by atoms with Crippen LogP contribution in [0, 0.1) is 15.3 Å². The highest BCUT2D eigenvalue weighted by atomic mass is 35.5. The first-order valence-corrected chi connectivity index (χ1v) is 8.22. The minimum absolute atomic E-state index is 0.540. The maximum absolute atomic E-state index is 9.30. The van der Waals surface area contributed by atoms with Crippen LogP contribution >= 0.6 is 35.3 Å². The molecule has 0 saturated carbocycles. The predicted octanol–water partition coefficient (Wildman–Crippen LogP) is 4.87. The highest BCUT2D eigenvalue weighted by Gasteiger charge is 2.23. The van der Waals surface area contributed by atoms with Crippen LogP contribution in [0.15, 0.2) is 30.3 Å². The van der Waals surface area contributed by atoms with Crippen LogP contribution in [0.5, 0.6) is 0 Å². The van der Waals surface area contributed by atoms with Crippen molar-refractivity contribution in [2.24, 2.45) is 0 Å². The first-order valence-electron chi connectivity index (χ1n) is 6.66. The lowest BCUT2D eigenvalue weighted by molar-refractivity contribution is -0.267. The zero-order chi connectivity index (χ0) is 15.2. The SMILES string of the molecule is CCCCn1c([N+](Cl)=Cc2ccccc2)c(C#N)sc1=S. The number of benzene rings is 1. The van der Waals surface area contributed by atoms with E-state index < -0.39 is 0 Å². The van der Waals surface area contributed by atoms with Gasteiger partial charge in [0.2, 0.25) is 4.88 Å². The molecule has 0 aliphatic heterocycles. The minimum atomic E-state index is 0.540. The number of nitriles is 1. The molecule has 0 aliphatic rings. The molecule has 3 nitrogen and oxygen atoms in total. The van der Waals surface area contributed by atoms with E-state index in [4.69, 9.17) is 24.0 Å². The van der Waals surface area contributed by atoms with Gasteiger partial charge in [-0.1, -0.05) is 55.0 Å². The van der Waals surface area contributed by atoms with E-state index in [0.717, 1.165) is 24.9 Å². The number of aromatic nitrogens is 1. The summed E-state index contributed by atoms with van der Waals surface area (Å²) in [6, 6.07) is 11.9. The summed E-state index contributed by atoms with van der Waals surface area (Å²) in [4.78, 5) is 0.540. The Hall–Kier alpha value is -1.48. The van der Waals surface area contributed by atoms with Crippen molar-refractivity contribution in [2.75, 3.05) is 0 Å². The van der Waals surface area contributed by atoms with Gasteiger partial charge in [-0.05, 0) is 18.6 Å². The summed E-state index contributed by atoms with van der Waals surface area (Å²) in [5.74, 6) is 0.659. The van der Waals surface area contributed by atoms with Crippen molar-refractivity contribution in [3.8, 4) is 6.07 Å². The molecule has 6 heteroatoms. The second kappa shape index (κ2) is 7.51. The molecule has 0 unspecified atom stereocenters. The van der Waals surface area contributed by atoms with Gasteiger partial charge in [0.05, 0.1) is 6.54 Å². The first-order chi connectivity index (χ1) is 10.2. The lowest BCUT2D eigenvalue weighted by Gasteiger charge is -2.00. The summed E-state index contributed by atoms with van der Waals surface area (Å²) in [6.07, 6.45) is 3.85. The Morgan fingerprint density at radius 3 is 2.76 bits per heavy atom. The van der Waals surface area contributed by atoms with Crippen molar-refractivity contribution in [3.05, 3.63) is 44.7 Å². The van der Waals surface area contributed by atoms with Gasteiger partial charge in [-0.3, -0.25) is 0 Å². The minimum Gasteiger partial charge on any atom is -0.206 e. The standard InChI is InChI=1S/C15H15ClN3S2/c1-2-3-9-18-14(13(10-17)21-15(18)20)19(16)11-12-7-5-4-6-8-12/h4-8,11H,2-3,9H2,1H3/q+1. The van der Waals surface area contributed by atoms with Gasteiger partial charge in [-0.25, -0.2) is 4.57 Å². The van der Waals surface area contributed by atoms with E-state index in [1.165, 1.54) is 15.4 Å². The van der Waals surface area contributed by atoms with Gasteiger partial charge in [-0.2, -0.15) is 5.26 Å². The van der Waals surface area contributed by atoms with Crippen molar-refractivity contribution in [2.45, 2.75) is 26.3 Å². The van der Waals surface area contributed by atoms with Crippen LogP contribution in [0.1, 0.15) is 30.2 Å². The summed E-state index contributed by atoms with van der Waals surface area (Å²) in [5.41, 5.74) is 0.968. The van der Waals surface area contributed by atoms with Crippen LogP contribution in [0.25, 0.3) is 0 Å². The second-order valence-corrected chi connectivity index (χ2v) is 6.50. The third-order valence-corrected chi connectivity index (χ3v) is 4.57.